The van der Waals surface area contributed by atoms with Crippen LogP contribution in [0.25, 0.3) is 0 Å². The number of anilines is 3. The lowest BCUT2D eigenvalue weighted by Crippen LogP contribution is -2.12. The normalized spacial score (nSPS) is 10.7. The summed E-state index contributed by atoms with van der Waals surface area (Å²) in [7, 11) is 0. The SMILES string of the molecule is CCNc1nc(N)c(C(=O)Nc2cccc(C(C)C)c2)s1. The van der Waals surface area contributed by atoms with E-state index in [4.69, 9.17) is 5.73 Å². The summed E-state index contributed by atoms with van der Waals surface area (Å²) < 4.78 is 0. The molecule has 1 heterocycles. The van der Waals surface area contributed by atoms with Crippen molar-refractivity contribution in [3.63, 3.8) is 0 Å². The lowest BCUT2D eigenvalue weighted by molar-refractivity contribution is 0.103. The van der Waals surface area contributed by atoms with Crippen molar-refractivity contribution in [1.29, 1.82) is 0 Å². The number of hydrogen-bond acceptors (Lipinski definition) is 5. The van der Waals surface area contributed by atoms with Gasteiger partial charge in [-0.3, -0.25) is 4.79 Å². The minimum absolute atomic E-state index is 0.227. The quantitative estimate of drug-likeness (QED) is 0.789. The number of thiazole rings is 1. The van der Waals surface area contributed by atoms with Gasteiger partial charge >= 0.3 is 0 Å². The number of nitrogens with zero attached hydrogens (tertiary/aromatic N) is 1. The molecule has 0 spiro atoms. The second kappa shape index (κ2) is 6.58. The summed E-state index contributed by atoms with van der Waals surface area (Å²) in [5.74, 6) is 0.444. The summed E-state index contributed by atoms with van der Waals surface area (Å²) in [5, 5.41) is 6.60. The molecule has 1 amide bonds. The molecule has 5 nitrogen and oxygen atoms in total. The molecule has 2 aromatic rings. The zero-order chi connectivity index (χ0) is 15.4. The van der Waals surface area contributed by atoms with Gasteiger partial charge in [0, 0.05) is 12.2 Å². The van der Waals surface area contributed by atoms with Crippen molar-refractivity contribution in [2.75, 3.05) is 22.9 Å². The summed E-state index contributed by atoms with van der Waals surface area (Å²) >= 11 is 1.26. The standard InChI is InChI=1S/C15H20N4OS/c1-4-17-15-19-13(16)12(21-15)14(20)18-11-7-5-6-10(8-11)9(2)3/h5-9H,4,16H2,1-3H3,(H,17,19)(H,18,20). The van der Waals surface area contributed by atoms with E-state index in [2.05, 4.69) is 29.5 Å². The van der Waals surface area contributed by atoms with Gasteiger partial charge in [-0.25, -0.2) is 4.98 Å². The Morgan fingerprint density at radius 2 is 2.19 bits per heavy atom. The minimum atomic E-state index is -0.227. The van der Waals surface area contributed by atoms with E-state index in [-0.39, 0.29) is 11.7 Å². The molecule has 0 saturated carbocycles. The van der Waals surface area contributed by atoms with Crippen LogP contribution in [0.2, 0.25) is 0 Å². The first-order valence-corrected chi connectivity index (χ1v) is 7.74. The zero-order valence-electron chi connectivity index (χ0n) is 12.4. The molecule has 6 heteroatoms. The summed E-state index contributed by atoms with van der Waals surface area (Å²) in [6.07, 6.45) is 0. The van der Waals surface area contributed by atoms with Crippen LogP contribution >= 0.6 is 11.3 Å². The molecule has 0 fully saturated rings. The largest absolute Gasteiger partial charge is 0.382 e. The number of carbonyl (C=O) groups is 1. The predicted molar refractivity (Wildman–Crippen MR) is 89.2 cm³/mol. The van der Waals surface area contributed by atoms with Crippen molar-refractivity contribution in [2.45, 2.75) is 26.7 Å². The van der Waals surface area contributed by atoms with Crippen LogP contribution in [0.1, 0.15) is 41.9 Å². The first-order chi connectivity index (χ1) is 10.0. The van der Waals surface area contributed by atoms with Crippen molar-refractivity contribution >= 4 is 33.9 Å². The number of carbonyl (C=O) groups excluding carboxylic acids is 1. The molecule has 0 atom stereocenters. The number of nitrogens with two attached hydrogens (primary N) is 1. The van der Waals surface area contributed by atoms with Gasteiger partial charge in [-0.05, 0) is 30.5 Å². The van der Waals surface area contributed by atoms with Crippen LogP contribution in [0.4, 0.5) is 16.6 Å². The van der Waals surface area contributed by atoms with E-state index in [1.807, 2.05) is 31.2 Å². The lowest BCUT2D eigenvalue weighted by atomic mass is 10.0. The first kappa shape index (κ1) is 15.3. The Balaban J connectivity index is 2.16. The van der Waals surface area contributed by atoms with Gasteiger partial charge in [0.15, 0.2) is 5.13 Å². The monoisotopic (exact) mass is 304 g/mol. The first-order valence-electron chi connectivity index (χ1n) is 6.92. The van der Waals surface area contributed by atoms with E-state index in [1.165, 1.54) is 16.9 Å². The topological polar surface area (TPSA) is 80.0 Å². The zero-order valence-corrected chi connectivity index (χ0v) is 13.3. The van der Waals surface area contributed by atoms with E-state index in [1.54, 1.807) is 0 Å². The number of aromatic nitrogens is 1. The smallest absolute Gasteiger partial charge is 0.269 e. The van der Waals surface area contributed by atoms with Gasteiger partial charge in [0.1, 0.15) is 10.7 Å². The molecule has 0 aliphatic carbocycles. The van der Waals surface area contributed by atoms with Gasteiger partial charge in [-0.2, -0.15) is 0 Å². The van der Waals surface area contributed by atoms with Crippen molar-refractivity contribution in [3.8, 4) is 0 Å². The van der Waals surface area contributed by atoms with Crippen LogP contribution in [-0.2, 0) is 0 Å². The summed E-state index contributed by atoms with van der Waals surface area (Å²) in [6, 6.07) is 7.83. The fraction of sp³-hybridized carbons (Fsp3) is 0.333. The van der Waals surface area contributed by atoms with E-state index >= 15 is 0 Å². The summed E-state index contributed by atoms with van der Waals surface area (Å²) in [6.45, 7) is 6.94. The Bertz CT molecular complexity index is 636. The maximum absolute atomic E-state index is 12.3. The highest BCUT2D eigenvalue weighted by Crippen LogP contribution is 2.26. The number of hydrogen-bond donors (Lipinski definition) is 3. The highest BCUT2D eigenvalue weighted by molar-refractivity contribution is 7.18. The second-order valence-corrected chi connectivity index (χ2v) is 6.00. The third-order valence-electron chi connectivity index (χ3n) is 3.00. The average Bonchev–Trinajstić information content (AvgIpc) is 2.80. The molecule has 0 bridgehead atoms. The van der Waals surface area contributed by atoms with Gasteiger partial charge in [0.2, 0.25) is 0 Å². The third kappa shape index (κ3) is 3.72. The van der Waals surface area contributed by atoms with Crippen LogP contribution in [0, 0.1) is 0 Å². The number of amides is 1. The van der Waals surface area contributed by atoms with Crippen molar-refractivity contribution in [1.82, 2.24) is 4.98 Å². The fourth-order valence-electron chi connectivity index (χ4n) is 1.88. The number of rotatable bonds is 5. The fourth-order valence-corrected chi connectivity index (χ4v) is 2.73. The van der Waals surface area contributed by atoms with E-state index in [9.17, 15) is 4.79 Å². The molecule has 0 aliphatic rings. The minimum Gasteiger partial charge on any atom is -0.382 e. The molecule has 2 rings (SSSR count). The Hall–Kier alpha value is -2.08. The number of nitrogens with one attached hydrogen (secondary N) is 2. The third-order valence-corrected chi connectivity index (χ3v) is 4.03. The van der Waals surface area contributed by atoms with Crippen LogP contribution in [0.5, 0.6) is 0 Å². The molecule has 0 saturated heterocycles. The van der Waals surface area contributed by atoms with Crippen LogP contribution < -0.4 is 16.4 Å². The Morgan fingerprint density at radius 1 is 1.43 bits per heavy atom. The molecule has 112 valence electrons. The average molecular weight is 304 g/mol. The number of benzene rings is 1. The molecule has 1 aromatic carbocycles. The van der Waals surface area contributed by atoms with Crippen LogP contribution in [0.15, 0.2) is 24.3 Å². The van der Waals surface area contributed by atoms with Crippen molar-refractivity contribution < 1.29 is 4.79 Å². The van der Waals surface area contributed by atoms with E-state index in [0.29, 0.717) is 15.9 Å². The Kier molecular flexibility index (Phi) is 4.80. The lowest BCUT2D eigenvalue weighted by Gasteiger charge is -2.09. The molecule has 21 heavy (non-hydrogen) atoms. The van der Waals surface area contributed by atoms with Gasteiger partial charge in [-0.1, -0.05) is 37.3 Å². The van der Waals surface area contributed by atoms with Gasteiger partial charge in [0.05, 0.1) is 0 Å². The predicted octanol–water partition coefficient (Wildman–Crippen LogP) is 3.53. The molecule has 0 aliphatic heterocycles. The van der Waals surface area contributed by atoms with Gasteiger partial charge < -0.3 is 16.4 Å². The molecular formula is C15H20N4OS. The van der Waals surface area contributed by atoms with Crippen molar-refractivity contribution in [3.05, 3.63) is 34.7 Å². The highest BCUT2D eigenvalue weighted by Gasteiger charge is 2.16. The highest BCUT2D eigenvalue weighted by atomic mass is 32.1. The maximum Gasteiger partial charge on any atom is 0.269 e. The van der Waals surface area contributed by atoms with E-state index in [0.717, 1.165) is 12.2 Å². The van der Waals surface area contributed by atoms with E-state index < -0.39 is 0 Å². The van der Waals surface area contributed by atoms with Gasteiger partial charge in [0.25, 0.3) is 5.91 Å². The van der Waals surface area contributed by atoms with Crippen LogP contribution in [0.3, 0.4) is 0 Å². The summed E-state index contributed by atoms with van der Waals surface area (Å²) in [4.78, 5) is 16.8. The Labute approximate surface area is 128 Å². The molecule has 1 aromatic heterocycles. The molecule has 4 N–H and O–H groups in total. The Morgan fingerprint density at radius 3 is 2.86 bits per heavy atom. The second-order valence-electron chi connectivity index (χ2n) is 5.00. The molecular weight excluding hydrogens is 284 g/mol. The van der Waals surface area contributed by atoms with Crippen LogP contribution in [-0.4, -0.2) is 17.4 Å². The van der Waals surface area contributed by atoms with Crippen molar-refractivity contribution in [2.24, 2.45) is 0 Å². The summed E-state index contributed by atoms with van der Waals surface area (Å²) in [5.41, 5.74) is 7.75. The number of nitrogen functional groups attached to an aromatic ring is 1. The van der Waals surface area contributed by atoms with Gasteiger partial charge in [-0.15, -0.1) is 0 Å². The molecule has 0 radical (unpaired) electrons. The molecule has 0 unspecified atom stereocenters. The maximum atomic E-state index is 12.3.